The van der Waals surface area contributed by atoms with Crippen molar-refractivity contribution in [3.05, 3.63) is 111 Å². The molecule has 4 aromatic rings. The van der Waals surface area contributed by atoms with Gasteiger partial charge in [0.2, 0.25) is 0 Å². The first-order chi connectivity index (χ1) is 24.7. The zero-order valence-electron chi connectivity index (χ0n) is 28.7. The number of amides is 2. The zero-order valence-corrected chi connectivity index (χ0v) is 29.5. The maximum atomic E-state index is 12.9. The highest BCUT2D eigenvalue weighted by atomic mass is 32.1. The summed E-state index contributed by atoms with van der Waals surface area (Å²) in [5.41, 5.74) is 3.63. The van der Waals surface area contributed by atoms with Gasteiger partial charge in [-0.1, -0.05) is 43.2 Å². The predicted molar refractivity (Wildman–Crippen MR) is 197 cm³/mol. The van der Waals surface area contributed by atoms with Crippen molar-refractivity contribution in [2.45, 2.75) is 51.9 Å². The molecule has 4 rings (SSSR count). The van der Waals surface area contributed by atoms with Crippen LogP contribution in [0.4, 0.5) is 11.4 Å². The van der Waals surface area contributed by atoms with Crippen LogP contribution in [0.15, 0.2) is 84.2 Å². The number of aliphatic hydroxyl groups is 2. The van der Waals surface area contributed by atoms with E-state index in [2.05, 4.69) is 16.0 Å². The summed E-state index contributed by atoms with van der Waals surface area (Å²) in [5.74, 6) is -1.29. The quantitative estimate of drug-likeness (QED) is 0.0537. The van der Waals surface area contributed by atoms with Gasteiger partial charge in [0.1, 0.15) is 5.75 Å². The van der Waals surface area contributed by atoms with E-state index in [1.165, 1.54) is 17.4 Å². The Morgan fingerprint density at radius 2 is 1.51 bits per heavy atom. The summed E-state index contributed by atoms with van der Waals surface area (Å²) in [6.07, 6.45) is 3.37. The highest BCUT2D eigenvalue weighted by Crippen LogP contribution is 2.22. The molecule has 0 unspecified atom stereocenters. The largest absolute Gasteiger partial charge is 0.508 e. The number of ether oxygens (including phenoxy) is 2. The maximum Gasteiger partial charge on any atom is 0.300 e. The monoisotopic (exact) mass is 721 g/mol. The van der Waals surface area contributed by atoms with Gasteiger partial charge in [-0.25, -0.2) is 0 Å². The Balaban J connectivity index is 0.00000166. The third-order valence-electron chi connectivity index (χ3n) is 7.34. The zero-order chi connectivity index (χ0) is 36.8. The van der Waals surface area contributed by atoms with Crippen molar-refractivity contribution in [3.63, 3.8) is 0 Å². The minimum atomic E-state index is -0.833. The number of carbonyl (C=O) groups is 3. The van der Waals surface area contributed by atoms with E-state index in [1.807, 2.05) is 35.7 Å². The molecule has 0 fully saturated rings. The number of hydrogen-bond donors (Lipinski definition) is 7. The van der Waals surface area contributed by atoms with Gasteiger partial charge in [0.05, 0.1) is 37.4 Å². The van der Waals surface area contributed by atoms with Crippen molar-refractivity contribution >= 4 is 40.5 Å². The second-order valence-electron chi connectivity index (χ2n) is 11.5. The molecular weight excluding hydrogens is 674 g/mol. The summed E-state index contributed by atoms with van der Waals surface area (Å²) in [6.45, 7) is 4.05. The summed E-state index contributed by atoms with van der Waals surface area (Å²) >= 11 is 1.35. The summed E-state index contributed by atoms with van der Waals surface area (Å²) in [7, 11) is 0. The minimum Gasteiger partial charge on any atom is -0.508 e. The lowest BCUT2D eigenvalue weighted by atomic mass is 10.1. The number of carboxylic acid groups (broad SMARTS) is 1. The number of aliphatic hydroxyl groups excluding tert-OH is 2. The van der Waals surface area contributed by atoms with Crippen molar-refractivity contribution < 1.29 is 44.3 Å². The molecule has 0 aliphatic heterocycles. The minimum absolute atomic E-state index is 0.0254. The van der Waals surface area contributed by atoms with Gasteiger partial charge in [-0.2, -0.15) is 0 Å². The Hall–Kier alpha value is -4.63. The normalized spacial score (nSPS) is 11.3. The van der Waals surface area contributed by atoms with Crippen molar-refractivity contribution in [1.29, 1.82) is 0 Å². The third-order valence-corrected chi connectivity index (χ3v) is 8.21. The standard InChI is InChI=1S/C36H43N3O7S.C2H4O2/c40-24-29-21-27(13-14-32(29)41)33(42)23-37-15-3-1-2-4-16-45-17-18-46-25-26-8-5-10-30(20-26)38-35(43)28-9-6-11-31(22-28)39-36(44)34-12-7-19-47-34;1-2(3)4/h5-14,19-22,33,37,40-42H,1-4,15-18,23-25H2,(H,38,43)(H,39,44);1H3,(H,3,4)/t33-;/m0./s1. The van der Waals surface area contributed by atoms with Gasteiger partial charge >= 0.3 is 0 Å². The molecule has 0 saturated carbocycles. The fourth-order valence-corrected chi connectivity index (χ4v) is 5.41. The number of benzene rings is 3. The van der Waals surface area contributed by atoms with E-state index in [0.717, 1.165) is 44.7 Å². The molecule has 2 amide bonds. The second-order valence-corrected chi connectivity index (χ2v) is 12.5. The summed E-state index contributed by atoms with van der Waals surface area (Å²) < 4.78 is 11.5. The van der Waals surface area contributed by atoms with Gasteiger partial charge < -0.3 is 45.9 Å². The molecular formula is C38H47N3O9S. The van der Waals surface area contributed by atoms with Crippen LogP contribution in [0.1, 0.15) is 75.4 Å². The third kappa shape index (κ3) is 15.9. The van der Waals surface area contributed by atoms with E-state index in [-0.39, 0.29) is 24.2 Å². The molecule has 0 aliphatic carbocycles. The molecule has 13 heteroatoms. The van der Waals surface area contributed by atoms with Crippen molar-refractivity contribution in [2.75, 3.05) is 43.5 Å². The van der Waals surface area contributed by atoms with Crippen LogP contribution in [-0.4, -0.2) is 71.1 Å². The molecule has 0 saturated heterocycles. The van der Waals surface area contributed by atoms with Crippen LogP contribution in [0.25, 0.3) is 0 Å². The van der Waals surface area contributed by atoms with E-state index in [1.54, 1.807) is 42.5 Å². The molecule has 1 atom stereocenters. The number of hydrogen-bond acceptors (Lipinski definition) is 10. The number of anilines is 2. The highest BCUT2D eigenvalue weighted by Gasteiger charge is 2.12. The molecule has 3 aromatic carbocycles. The number of rotatable bonds is 20. The lowest BCUT2D eigenvalue weighted by Crippen LogP contribution is -2.22. The smallest absolute Gasteiger partial charge is 0.300 e. The predicted octanol–water partition coefficient (Wildman–Crippen LogP) is 5.96. The number of thiophene rings is 1. The van der Waals surface area contributed by atoms with Crippen LogP contribution in [0, 0.1) is 0 Å². The Bertz CT molecular complexity index is 1650. The molecule has 51 heavy (non-hydrogen) atoms. The second kappa shape index (κ2) is 23.0. The fourth-order valence-electron chi connectivity index (χ4n) is 4.79. The summed E-state index contributed by atoms with van der Waals surface area (Å²) in [4.78, 5) is 34.8. The molecule has 1 aromatic heterocycles. The molecule has 0 spiro atoms. The van der Waals surface area contributed by atoms with Crippen LogP contribution >= 0.6 is 11.3 Å². The average molecular weight is 722 g/mol. The summed E-state index contributed by atoms with van der Waals surface area (Å²) in [6, 6.07) is 22.6. The molecule has 0 bridgehead atoms. The number of unbranched alkanes of at least 4 members (excludes halogenated alkanes) is 3. The van der Waals surface area contributed by atoms with Gasteiger partial charge in [-0.05, 0) is 84.4 Å². The van der Waals surface area contributed by atoms with Crippen LogP contribution in [-0.2, 0) is 27.5 Å². The van der Waals surface area contributed by atoms with Gasteiger partial charge in [-0.15, -0.1) is 11.3 Å². The van der Waals surface area contributed by atoms with Gasteiger partial charge in [0.15, 0.2) is 0 Å². The lowest BCUT2D eigenvalue weighted by molar-refractivity contribution is -0.134. The van der Waals surface area contributed by atoms with E-state index >= 15 is 0 Å². The van der Waals surface area contributed by atoms with E-state index in [0.29, 0.717) is 65.9 Å². The van der Waals surface area contributed by atoms with Crippen molar-refractivity contribution in [2.24, 2.45) is 0 Å². The molecule has 7 N–H and O–H groups in total. The fraction of sp³-hybridized carbons (Fsp3) is 0.342. The van der Waals surface area contributed by atoms with Crippen LogP contribution in [0.5, 0.6) is 5.75 Å². The first kappa shape index (κ1) is 40.8. The molecule has 0 radical (unpaired) electrons. The van der Waals surface area contributed by atoms with Crippen LogP contribution in [0.2, 0.25) is 0 Å². The van der Waals surface area contributed by atoms with Gasteiger partial charge in [0.25, 0.3) is 17.8 Å². The number of carboxylic acids is 1. The number of aliphatic carboxylic acids is 1. The Morgan fingerprint density at radius 3 is 2.25 bits per heavy atom. The SMILES string of the molecule is CC(=O)O.O=C(Nc1cccc(COCCOCCCCCCNC[C@H](O)c2ccc(O)c(CO)c2)c1)c1cccc(NC(=O)c2cccs2)c1. The first-order valence-corrected chi connectivity index (χ1v) is 17.6. The van der Waals surface area contributed by atoms with Crippen molar-refractivity contribution in [3.8, 4) is 5.75 Å². The Labute approximate surface area is 302 Å². The van der Waals surface area contributed by atoms with E-state index in [9.17, 15) is 24.9 Å². The highest BCUT2D eigenvalue weighted by molar-refractivity contribution is 7.12. The number of aromatic hydroxyl groups is 1. The van der Waals surface area contributed by atoms with Gasteiger partial charge in [0, 0.05) is 42.6 Å². The molecule has 12 nitrogen and oxygen atoms in total. The lowest BCUT2D eigenvalue weighted by Gasteiger charge is -2.14. The van der Waals surface area contributed by atoms with E-state index in [4.69, 9.17) is 19.4 Å². The van der Waals surface area contributed by atoms with E-state index < -0.39 is 12.1 Å². The molecule has 274 valence electrons. The maximum absolute atomic E-state index is 12.9. The van der Waals surface area contributed by atoms with Gasteiger partial charge in [-0.3, -0.25) is 14.4 Å². The molecule has 1 heterocycles. The Kier molecular flexibility index (Phi) is 18.4. The number of carbonyl (C=O) groups excluding carboxylic acids is 2. The first-order valence-electron chi connectivity index (χ1n) is 16.7. The molecule has 0 aliphatic rings. The number of phenols is 1. The topological polar surface area (TPSA) is 187 Å². The van der Waals surface area contributed by atoms with Crippen LogP contribution < -0.4 is 16.0 Å². The average Bonchev–Trinajstić information content (AvgIpc) is 3.66. The Morgan fingerprint density at radius 1 is 0.804 bits per heavy atom. The van der Waals surface area contributed by atoms with Crippen LogP contribution in [0.3, 0.4) is 0 Å². The van der Waals surface area contributed by atoms with Crippen molar-refractivity contribution in [1.82, 2.24) is 5.32 Å². The summed E-state index contributed by atoms with van der Waals surface area (Å²) in [5, 5.41) is 47.5. The number of nitrogens with one attached hydrogen (secondary N) is 3.